The minimum atomic E-state index is -0.569. The molecule has 0 spiro atoms. The minimum Gasteiger partial charge on any atom is -0.378 e. The summed E-state index contributed by atoms with van der Waals surface area (Å²) < 4.78 is 5.38. The van der Waals surface area contributed by atoms with E-state index in [1.807, 2.05) is 6.07 Å². The number of rotatable bonds is 6. The van der Waals surface area contributed by atoms with Crippen molar-refractivity contribution < 1.29 is 14.5 Å². The molecule has 3 aromatic rings. The molecular weight excluding hydrogens is 436 g/mol. The zero-order valence-electron chi connectivity index (χ0n) is 16.8. The van der Waals surface area contributed by atoms with E-state index in [0.717, 1.165) is 30.5 Å². The average Bonchev–Trinajstić information content (AvgIpc) is 2.81. The van der Waals surface area contributed by atoms with Crippen LogP contribution in [0, 0.1) is 10.1 Å². The van der Waals surface area contributed by atoms with E-state index in [-0.39, 0.29) is 16.3 Å². The highest BCUT2D eigenvalue weighted by atomic mass is 35.5. The van der Waals surface area contributed by atoms with E-state index in [9.17, 15) is 14.9 Å². The lowest BCUT2D eigenvalue weighted by Gasteiger charge is -2.28. The van der Waals surface area contributed by atoms with E-state index in [4.69, 9.17) is 16.3 Å². The molecule has 1 fully saturated rings. The molecule has 1 aliphatic rings. The molecule has 1 aromatic heterocycles. The van der Waals surface area contributed by atoms with E-state index < -0.39 is 10.8 Å². The molecule has 1 amide bonds. The van der Waals surface area contributed by atoms with Crippen molar-refractivity contribution in [1.82, 2.24) is 10.2 Å². The van der Waals surface area contributed by atoms with Crippen LogP contribution in [-0.2, 0) is 4.74 Å². The van der Waals surface area contributed by atoms with E-state index >= 15 is 0 Å². The molecule has 2 heterocycles. The van der Waals surface area contributed by atoms with Crippen LogP contribution < -0.4 is 15.5 Å². The predicted molar refractivity (Wildman–Crippen MR) is 121 cm³/mol. The third-order valence-electron chi connectivity index (χ3n) is 4.84. The first-order valence-corrected chi connectivity index (χ1v) is 10.2. The highest BCUT2D eigenvalue weighted by molar-refractivity contribution is 6.34. The summed E-state index contributed by atoms with van der Waals surface area (Å²) in [5, 5.41) is 24.9. The number of carbonyl (C=O) groups excluding carboxylic acids is 1. The van der Waals surface area contributed by atoms with Gasteiger partial charge >= 0.3 is 0 Å². The number of non-ortho nitro benzene ring substituents is 1. The molecule has 0 saturated carbocycles. The van der Waals surface area contributed by atoms with Crippen molar-refractivity contribution in [3.05, 3.63) is 75.4 Å². The molecule has 0 aliphatic carbocycles. The quantitative estimate of drug-likeness (QED) is 0.425. The Kier molecular flexibility index (Phi) is 6.43. The fraction of sp³-hybridized carbons (Fsp3) is 0.190. The van der Waals surface area contributed by atoms with Crippen LogP contribution in [0.4, 0.5) is 28.6 Å². The zero-order chi connectivity index (χ0) is 22.5. The van der Waals surface area contributed by atoms with E-state index in [0.29, 0.717) is 24.7 Å². The van der Waals surface area contributed by atoms with E-state index in [2.05, 4.69) is 25.7 Å². The van der Waals surface area contributed by atoms with Gasteiger partial charge in [-0.3, -0.25) is 14.9 Å². The van der Waals surface area contributed by atoms with Crippen LogP contribution in [0.3, 0.4) is 0 Å². The van der Waals surface area contributed by atoms with Gasteiger partial charge in [0, 0.05) is 42.7 Å². The summed E-state index contributed by atoms with van der Waals surface area (Å²) in [4.78, 5) is 24.9. The number of hydrogen-bond donors (Lipinski definition) is 2. The summed E-state index contributed by atoms with van der Waals surface area (Å²) in [7, 11) is 0. The second-order valence-corrected chi connectivity index (χ2v) is 7.38. The summed E-state index contributed by atoms with van der Waals surface area (Å²) in [5.41, 5.74) is 2.25. The van der Waals surface area contributed by atoms with Gasteiger partial charge in [0.1, 0.15) is 0 Å². The Morgan fingerprint density at radius 2 is 1.81 bits per heavy atom. The van der Waals surface area contributed by atoms with Crippen molar-refractivity contribution in [1.29, 1.82) is 0 Å². The number of benzene rings is 2. The zero-order valence-corrected chi connectivity index (χ0v) is 17.6. The average molecular weight is 455 g/mol. The van der Waals surface area contributed by atoms with Crippen molar-refractivity contribution in [2.75, 3.05) is 41.8 Å². The highest BCUT2D eigenvalue weighted by Gasteiger charge is 2.15. The second kappa shape index (κ2) is 9.58. The molecule has 0 bridgehead atoms. The lowest BCUT2D eigenvalue weighted by molar-refractivity contribution is -0.384. The van der Waals surface area contributed by atoms with Crippen molar-refractivity contribution in [2.45, 2.75) is 0 Å². The Morgan fingerprint density at radius 3 is 2.50 bits per heavy atom. The van der Waals surface area contributed by atoms with Crippen molar-refractivity contribution in [3.8, 4) is 0 Å². The summed E-state index contributed by atoms with van der Waals surface area (Å²) >= 11 is 6.02. The number of amides is 1. The Hall–Kier alpha value is -3.76. The van der Waals surface area contributed by atoms with Crippen molar-refractivity contribution >= 4 is 46.1 Å². The number of nitro groups is 1. The largest absolute Gasteiger partial charge is 0.378 e. The molecule has 164 valence electrons. The third kappa shape index (κ3) is 5.10. The number of aromatic nitrogens is 2. The van der Waals surface area contributed by atoms with Crippen LogP contribution in [0.1, 0.15) is 10.4 Å². The molecule has 1 aliphatic heterocycles. The van der Waals surface area contributed by atoms with Gasteiger partial charge in [-0.25, -0.2) is 0 Å². The van der Waals surface area contributed by atoms with E-state index in [1.54, 1.807) is 30.5 Å². The van der Waals surface area contributed by atoms with Gasteiger partial charge in [0.25, 0.3) is 11.6 Å². The highest BCUT2D eigenvalue weighted by Crippen LogP contribution is 2.25. The molecule has 11 heteroatoms. The summed E-state index contributed by atoms with van der Waals surface area (Å²) in [5.74, 6) is 0.137. The standard InChI is InChI=1S/C21H19ClN6O4/c22-19-11-16(28(30)31)5-6-18(19)21(29)25-15-3-1-14(2-4-15)24-20-12-17(13-23-26-20)27-7-9-32-10-8-27/h1-6,11-13H,7-10H2,(H,24,26)(H,25,29). The molecule has 1 saturated heterocycles. The van der Waals surface area contributed by atoms with Crippen molar-refractivity contribution in [2.24, 2.45) is 0 Å². The van der Waals surface area contributed by atoms with Gasteiger partial charge in [-0.2, -0.15) is 5.10 Å². The topological polar surface area (TPSA) is 123 Å². The molecule has 2 aromatic carbocycles. The molecule has 2 N–H and O–H groups in total. The van der Waals surface area contributed by atoms with Gasteiger partial charge in [0.15, 0.2) is 5.82 Å². The van der Waals surface area contributed by atoms with Crippen LogP contribution in [-0.4, -0.2) is 47.3 Å². The van der Waals surface area contributed by atoms with Crippen LogP contribution >= 0.6 is 11.6 Å². The van der Waals surface area contributed by atoms with E-state index in [1.165, 1.54) is 12.1 Å². The van der Waals surface area contributed by atoms with Gasteiger partial charge < -0.3 is 20.3 Å². The van der Waals surface area contributed by atoms with Gasteiger partial charge in [0.05, 0.1) is 40.6 Å². The number of halogens is 1. The van der Waals surface area contributed by atoms with Gasteiger partial charge in [-0.1, -0.05) is 11.6 Å². The Bertz CT molecular complexity index is 1140. The number of carbonyl (C=O) groups is 1. The van der Waals surface area contributed by atoms with Crippen LogP contribution in [0.2, 0.25) is 5.02 Å². The first kappa shape index (κ1) is 21.5. The number of morpholine rings is 1. The SMILES string of the molecule is O=C(Nc1ccc(Nc2cc(N3CCOCC3)cnn2)cc1)c1ccc([N+](=O)[O-])cc1Cl. The second-order valence-electron chi connectivity index (χ2n) is 6.98. The number of nitrogens with zero attached hydrogens (tertiary/aromatic N) is 4. The van der Waals surface area contributed by atoms with Crippen LogP contribution in [0.25, 0.3) is 0 Å². The molecule has 0 atom stereocenters. The van der Waals surface area contributed by atoms with Gasteiger partial charge in [-0.15, -0.1) is 5.10 Å². The molecule has 10 nitrogen and oxygen atoms in total. The maximum absolute atomic E-state index is 12.5. The van der Waals surface area contributed by atoms with Crippen LogP contribution in [0.15, 0.2) is 54.7 Å². The monoisotopic (exact) mass is 454 g/mol. The smallest absolute Gasteiger partial charge is 0.270 e. The van der Waals surface area contributed by atoms with Crippen LogP contribution in [0.5, 0.6) is 0 Å². The minimum absolute atomic E-state index is 0.00807. The number of hydrogen-bond acceptors (Lipinski definition) is 8. The van der Waals surface area contributed by atoms with Gasteiger partial charge in [0.2, 0.25) is 0 Å². The Labute approximate surface area is 188 Å². The molecule has 0 radical (unpaired) electrons. The maximum atomic E-state index is 12.5. The number of nitrogens with one attached hydrogen (secondary N) is 2. The lowest BCUT2D eigenvalue weighted by atomic mass is 10.2. The molecule has 4 rings (SSSR count). The van der Waals surface area contributed by atoms with Crippen molar-refractivity contribution in [3.63, 3.8) is 0 Å². The first-order chi connectivity index (χ1) is 15.5. The maximum Gasteiger partial charge on any atom is 0.270 e. The fourth-order valence-corrected chi connectivity index (χ4v) is 3.46. The first-order valence-electron chi connectivity index (χ1n) is 9.77. The third-order valence-corrected chi connectivity index (χ3v) is 5.15. The lowest BCUT2D eigenvalue weighted by Crippen LogP contribution is -2.36. The molecule has 0 unspecified atom stereocenters. The number of nitro benzene ring substituents is 1. The Morgan fingerprint density at radius 1 is 1.09 bits per heavy atom. The Balaban J connectivity index is 1.40. The number of anilines is 4. The summed E-state index contributed by atoms with van der Waals surface area (Å²) in [6, 6.07) is 12.6. The van der Waals surface area contributed by atoms with Gasteiger partial charge in [-0.05, 0) is 30.3 Å². The fourth-order valence-electron chi connectivity index (χ4n) is 3.20. The molecular formula is C21H19ClN6O4. The molecule has 32 heavy (non-hydrogen) atoms. The normalized spacial score (nSPS) is 13.5. The summed E-state index contributed by atoms with van der Waals surface area (Å²) in [6.07, 6.45) is 1.72. The predicted octanol–water partition coefficient (Wildman–Crippen LogP) is 3.87. The summed E-state index contributed by atoms with van der Waals surface area (Å²) in [6.45, 7) is 2.98. The number of ether oxygens (including phenoxy) is 1.